The van der Waals surface area contributed by atoms with E-state index in [1.807, 2.05) is 0 Å². The van der Waals surface area contributed by atoms with Crippen molar-refractivity contribution in [2.75, 3.05) is 12.1 Å². The standard InChI is InChI=1S/C14H9ClINO3/c15-10-5-8(1-3-11(10)16)14(18)17-9-2-4-12-13(6-9)20-7-19-12/h1-6H,7H2,(H,17,18). The number of fused-ring (bicyclic) bond motifs is 1. The predicted molar refractivity (Wildman–Crippen MR) is 84.7 cm³/mol. The summed E-state index contributed by atoms with van der Waals surface area (Å²) in [6, 6.07) is 10.4. The normalized spacial score (nSPS) is 12.3. The number of rotatable bonds is 2. The van der Waals surface area contributed by atoms with Crippen molar-refractivity contribution >= 4 is 45.8 Å². The maximum absolute atomic E-state index is 12.1. The molecule has 2 aromatic rings. The monoisotopic (exact) mass is 401 g/mol. The van der Waals surface area contributed by atoms with Gasteiger partial charge in [-0.15, -0.1) is 0 Å². The minimum Gasteiger partial charge on any atom is -0.454 e. The first-order valence-electron chi connectivity index (χ1n) is 5.79. The second-order valence-electron chi connectivity index (χ2n) is 4.15. The van der Waals surface area contributed by atoms with Crippen molar-refractivity contribution in [1.29, 1.82) is 0 Å². The Labute approximate surface area is 134 Å². The minimum absolute atomic E-state index is 0.208. The fraction of sp³-hybridized carbons (Fsp3) is 0.0714. The van der Waals surface area contributed by atoms with Gasteiger partial charge in [0.2, 0.25) is 6.79 Å². The second-order valence-corrected chi connectivity index (χ2v) is 5.72. The fourth-order valence-corrected chi connectivity index (χ4v) is 2.33. The van der Waals surface area contributed by atoms with Gasteiger partial charge in [-0.1, -0.05) is 11.6 Å². The molecule has 102 valence electrons. The topological polar surface area (TPSA) is 47.6 Å². The molecule has 1 aliphatic heterocycles. The highest BCUT2D eigenvalue weighted by atomic mass is 127. The molecular weight excluding hydrogens is 393 g/mol. The Morgan fingerprint density at radius 3 is 2.75 bits per heavy atom. The summed E-state index contributed by atoms with van der Waals surface area (Å²) in [6.07, 6.45) is 0. The number of halogens is 2. The summed E-state index contributed by atoms with van der Waals surface area (Å²) in [7, 11) is 0. The van der Waals surface area contributed by atoms with Gasteiger partial charge in [-0.25, -0.2) is 0 Å². The van der Waals surface area contributed by atoms with Gasteiger partial charge in [0.05, 0.1) is 5.02 Å². The number of carbonyl (C=O) groups excluding carboxylic acids is 1. The Hall–Kier alpha value is -1.47. The number of nitrogens with one attached hydrogen (secondary N) is 1. The zero-order chi connectivity index (χ0) is 14.1. The molecule has 0 saturated heterocycles. The van der Waals surface area contributed by atoms with Crippen LogP contribution in [0.3, 0.4) is 0 Å². The average Bonchev–Trinajstić information content (AvgIpc) is 2.89. The van der Waals surface area contributed by atoms with Gasteiger partial charge in [0.1, 0.15) is 0 Å². The van der Waals surface area contributed by atoms with Gasteiger partial charge >= 0.3 is 0 Å². The summed E-state index contributed by atoms with van der Waals surface area (Å²) in [5.74, 6) is 1.09. The summed E-state index contributed by atoms with van der Waals surface area (Å²) in [4.78, 5) is 12.1. The number of amides is 1. The van der Waals surface area contributed by atoms with Crippen LogP contribution in [0.2, 0.25) is 5.02 Å². The molecule has 0 radical (unpaired) electrons. The van der Waals surface area contributed by atoms with Crippen LogP contribution in [-0.4, -0.2) is 12.7 Å². The Balaban J connectivity index is 1.80. The minimum atomic E-state index is -0.220. The van der Waals surface area contributed by atoms with Crippen LogP contribution < -0.4 is 14.8 Å². The zero-order valence-electron chi connectivity index (χ0n) is 10.2. The Morgan fingerprint density at radius 1 is 1.15 bits per heavy atom. The molecular formula is C14H9ClINO3. The first-order valence-corrected chi connectivity index (χ1v) is 7.25. The molecule has 0 fully saturated rings. The molecule has 0 aromatic heterocycles. The van der Waals surface area contributed by atoms with Crippen LogP contribution in [0, 0.1) is 3.57 Å². The maximum Gasteiger partial charge on any atom is 0.255 e. The third-order valence-electron chi connectivity index (χ3n) is 2.81. The van der Waals surface area contributed by atoms with E-state index in [1.165, 1.54) is 0 Å². The predicted octanol–water partition coefficient (Wildman–Crippen LogP) is 3.93. The molecule has 0 unspecified atom stereocenters. The molecule has 1 N–H and O–H groups in total. The van der Waals surface area contributed by atoms with Gasteiger partial charge in [0, 0.05) is 20.9 Å². The van der Waals surface area contributed by atoms with Crippen LogP contribution in [0.5, 0.6) is 11.5 Å². The van der Waals surface area contributed by atoms with Crippen LogP contribution in [0.4, 0.5) is 5.69 Å². The maximum atomic E-state index is 12.1. The van der Waals surface area contributed by atoms with Gasteiger partial charge < -0.3 is 14.8 Å². The second kappa shape index (κ2) is 5.49. The van der Waals surface area contributed by atoms with Gasteiger partial charge in [-0.2, -0.15) is 0 Å². The van der Waals surface area contributed by atoms with Crippen molar-refractivity contribution in [2.45, 2.75) is 0 Å². The number of ether oxygens (including phenoxy) is 2. The third-order valence-corrected chi connectivity index (χ3v) is 4.38. The van der Waals surface area contributed by atoms with E-state index in [0.717, 1.165) is 3.57 Å². The van der Waals surface area contributed by atoms with Crippen LogP contribution in [0.1, 0.15) is 10.4 Å². The molecule has 1 amide bonds. The van der Waals surface area contributed by atoms with Crippen molar-refractivity contribution < 1.29 is 14.3 Å². The molecule has 3 rings (SSSR count). The number of hydrogen-bond donors (Lipinski definition) is 1. The van der Waals surface area contributed by atoms with Crippen molar-refractivity contribution in [3.05, 3.63) is 50.6 Å². The van der Waals surface area contributed by atoms with E-state index in [4.69, 9.17) is 21.1 Å². The molecule has 0 bridgehead atoms. The van der Waals surface area contributed by atoms with E-state index in [9.17, 15) is 4.79 Å². The highest BCUT2D eigenvalue weighted by Gasteiger charge is 2.15. The van der Waals surface area contributed by atoms with Crippen molar-refractivity contribution in [2.24, 2.45) is 0 Å². The molecule has 20 heavy (non-hydrogen) atoms. The summed E-state index contributed by atoms with van der Waals surface area (Å²) < 4.78 is 11.4. The van der Waals surface area contributed by atoms with Gasteiger partial charge in [-0.3, -0.25) is 4.79 Å². The van der Waals surface area contributed by atoms with Crippen LogP contribution in [-0.2, 0) is 0 Å². The van der Waals surface area contributed by atoms with E-state index in [0.29, 0.717) is 27.8 Å². The van der Waals surface area contributed by atoms with E-state index >= 15 is 0 Å². The fourth-order valence-electron chi connectivity index (χ4n) is 1.81. The Kier molecular flexibility index (Phi) is 3.71. The zero-order valence-corrected chi connectivity index (χ0v) is 13.1. The summed E-state index contributed by atoms with van der Waals surface area (Å²) in [5.41, 5.74) is 1.15. The quantitative estimate of drug-likeness (QED) is 0.776. The number of hydrogen-bond acceptors (Lipinski definition) is 3. The van der Waals surface area contributed by atoms with Crippen LogP contribution >= 0.6 is 34.2 Å². The highest BCUT2D eigenvalue weighted by molar-refractivity contribution is 14.1. The van der Waals surface area contributed by atoms with E-state index in [1.54, 1.807) is 36.4 Å². The smallest absolute Gasteiger partial charge is 0.255 e. The first kappa shape index (κ1) is 13.5. The van der Waals surface area contributed by atoms with E-state index < -0.39 is 0 Å². The molecule has 0 saturated carbocycles. The largest absolute Gasteiger partial charge is 0.454 e. The van der Waals surface area contributed by atoms with Gasteiger partial charge in [0.15, 0.2) is 11.5 Å². The molecule has 6 heteroatoms. The molecule has 1 heterocycles. The number of anilines is 1. The van der Waals surface area contributed by atoms with Crippen molar-refractivity contribution in [3.63, 3.8) is 0 Å². The molecule has 0 spiro atoms. The van der Waals surface area contributed by atoms with Crippen LogP contribution in [0.15, 0.2) is 36.4 Å². The number of benzene rings is 2. The lowest BCUT2D eigenvalue weighted by Crippen LogP contribution is -2.11. The van der Waals surface area contributed by atoms with Crippen molar-refractivity contribution in [1.82, 2.24) is 0 Å². The highest BCUT2D eigenvalue weighted by Crippen LogP contribution is 2.34. The van der Waals surface area contributed by atoms with Crippen LogP contribution in [0.25, 0.3) is 0 Å². The lowest BCUT2D eigenvalue weighted by Gasteiger charge is -2.07. The molecule has 4 nitrogen and oxygen atoms in total. The SMILES string of the molecule is O=C(Nc1ccc2c(c1)OCO2)c1ccc(I)c(Cl)c1. The van der Waals surface area contributed by atoms with Crippen molar-refractivity contribution in [3.8, 4) is 11.5 Å². The first-order chi connectivity index (χ1) is 9.63. The number of carbonyl (C=O) groups is 1. The summed E-state index contributed by atoms with van der Waals surface area (Å²) in [5, 5.41) is 3.36. The lowest BCUT2D eigenvalue weighted by atomic mass is 10.2. The molecule has 1 aliphatic rings. The molecule has 0 atom stereocenters. The Morgan fingerprint density at radius 2 is 1.95 bits per heavy atom. The van der Waals surface area contributed by atoms with Gasteiger partial charge in [0.25, 0.3) is 5.91 Å². The van der Waals surface area contributed by atoms with E-state index in [2.05, 4.69) is 27.9 Å². The van der Waals surface area contributed by atoms with E-state index in [-0.39, 0.29) is 12.7 Å². The summed E-state index contributed by atoms with van der Waals surface area (Å²) >= 11 is 8.13. The van der Waals surface area contributed by atoms with Gasteiger partial charge in [-0.05, 0) is 52.9 Å². The average molecular weight is 402 g/mol. The summed E-state index contributed by atoms with van der Waals surface area (Å²) in [6.45, 7) is 0.208. The Bertz CT molecular complexity index is 690. The molecule has 0 aliphatic carbocycles. The third kappa shape index (κ3) is 2.69. The molecule has 2 aromatic carbocycles. The lowest BCUT2D eigenvalue weighted by molar-refractivity contribution is 0.102.